The molecule has 0 aromatic heterocycles. The molecule has 0 radical (unpaired) electrons. The van der Waals surface area contributed by atoms with Crippen LogP contribution in [0, 0.1) is 0 Å². The number of methoxy groups -OCH3 is 1. The van der Waals surface area contributed by atoms with Crippen LogP contribution in [0.4, 0.5) is 26.3 Å². The average molecular weight is 397 g/mol. The van der Waals surface area contributed by atoms with Gasteiger partial charge in [-0.3, -0.25) is 18.4 Å². The van der Waals surface area contributed by atoms with Crippen molar-refractivity contribution < 1.29 is 49.5 Å². The monoisotopic (exact) mass is 396 g/mol. The summed E-state index contributed by atoms with van der Waals surface area (Å²) in [5.74, 6) is -1.40. The first-order valence-electron chi connectivity index (χ1n) is 4.55. The molecular weight excluding hydrogens is 389 g/mol. The molecule has 20 heavy (non-hydrogen) atoms. The van der Waals surface area contributed by atoms with Gasteiger partial charge in [-0.2, -0.15) is 26.3 Å². The normalized spacial score (nSPS) is 15.0. The van der Waals surface area contributed by atoms with Gasteiger partial charge in [0, 0.05) is 0 Å². The standard InChI is InChI=1S/C7H8BrF6O5P/c1-17-5(15)4(8)20(16,18-2-6(9,10)11)19-3-7(12,13)14/h4H,2-3H2,1H3. The number of alkyl halides is 7. The fourth-order valence-electron chi connectivity index (χ4n) is 0.721. The van der Waals surface area contributed by atoms with E-state index in [0.717, 1.165) is 7.11 Å². The molecule has 0 saturated heterocycles. The lowest BCUT2D eigenvalue weighted by Gasteiger charge is -2.22. The molecule has 1 unspecified atom stereocenters. The Hall–Kier alpha value is -0.320. The van der Waals surface area contributed by atoms with E-state index >= 15 is 0 Å². The molecule has 0 aliphatic carbocycles. The van der Waals surface area contributed by atoms with Crippen molar-refractivity contribution in [3.63, 3.8) is 0 Å². The Labute approximate surface area is 117 Å². The van der Waals surface area contributed by atoms with E-state index in [2.05, 4.69) is 29.7 Å². The van der Waals surface area contributed by atoms with Crippen molar-refractivity contribution in [1.82, 2.24) is 0 Å². The van der Waals surface area contributed by atoms with Gasteiger partial charge in [-0.05, 0) is 0 Å². The van der Waals surface area contributed by atoms with Gasteiger partial charge >= 0.3 is 25.9 Å². The van der Waals surface area contributed by atoms with Crippen LogP contribution in [0.2, 0.25) is 0 Å². The maximum absolute atomic E-state index is 12.0. The lowest BCUT2D eigenvalue weighted by Crippen LogP contribution is -2.25. The van der Waals surface area contributed by atoms with Gasteiger partial charge < -0.3 is 4.74 Å². The van der Waals surface area contributed by atoms with E-state index in [1.165, 1.54) is 0 Å². The number of esters is 1. The minimum atomic E-state index is -5.07. The van der Waals surface area contributed by atoms with Gasteiger partial charge in [0.1, 0.15) is 0 Å². The summed E-state index contributed by atoms with van der Waals surface area (Å²) >= 11 is 2.34. The minimum Gasteiger partial charge on any atom is -0.468 e. The summed E-state index contributed by atoms with van der Waals surface area (Å²) in [7, 11) is -4.29. The largest absolute Gasteiger partial charge is 0.468 e. The van der Waals surface area contributed by atoms with E-state index < -0.39 is 43.7 Å². The minimum absolute atomic E-state index is 0.786. The van der Waals surface area contributed by atoms with Crippen LogP contribution in [-0.2, 0) is 23.1 Å². The second-order valence-electron chi connectivity index (χ2n) is 3.18. The van der Waals surface area contributed by atoms with E-state index in [-0.39, 0.29) is 0 Å². The smallest absolute Gasteiger partial charge is 0.412 e. The number of carbonyl (C=O) groups excluding carboxylic acids is 1. The van der Waals surface area contributed by atoms with Crippen LogP contribution in [0.5, 0.6) is 0 Å². The van der Waals surface area contributed by atoms with Crippen LogP contribution in [0.25, 0.3) is 0 Å². The zero-order chi connectivity index (χ0) is 16.2. The molecule has 0 heterocycles. The Balaban J connectivity index is 5.03. The molecule has 0 bridgehead atoms. The third kappa shape index (κ3) is 7.46. The van der Waals surface area contributed by atoms with Crippen molar-refractivity contribution in [1.29, 1.82) is 0 Å². The highest BCUT2D eigenvalue weighted by Crippen LogP contribution is 2.57. The summed E-state index contributed by atoms with van der Waals surface area (Å²) in [6.07, 6.45) is -9.94. The first-order valence-corrected chi connectivity index (χ1v) is 7.08. The predicted molar refractivity (Wildman–Crippen MR) is 56.4 cm³/mol. The maximum Gasteiger partial charge on any atom is 0.412 e. The van der Waals surface area contributed by atoms with Gasteiger partial charge in [-0.15, -0.1) is 0 Å². The Bertz CT molecular complexity index is 361. The number of carbonyl (C=O) groups is 1. The van der Waals surface area contributed by atoms with Crippen LogP contribution < -0.4 is 0 Å². The molecule has 0 aliphatic heterocycles. The van der Waals surface area contributed by atoms with Crippen molar-refractivity contribution in [2.45, 2.75) is 16.9 Å². The molecule has 0 saturated carbocycles. The third-order valence-electron chi connectivity index (χ3n) is 1.49. The quantitative estimate of drug-likeness (QED) is 0.298. The fraction of sp³-hybridized carbons (Fsp3) is 0.857. The van der Waals surface area contributed by atoms with E-state index in [1.807, 2.05) is 0 Å². The fourth-order valence-corrected chi connectivity index (χ4v) is 2.97. The second-order valence-corrected chi connectivity index (χ2v) is 6.91. The van der Waals surface area contributed by atoms with Crippen LogP contribution in [0.3, 0.4) is 0 Å². The van der Waals surface area contributed by atoms with Gasteiger partial charge in [0.05, 0.1) is 7.11 Å². The van der Waals surface area contributed by atoms with Gasteiger partial charge in [0.15, 0.2) is 13.2 Å². The molecular formula is C7H8BrF6O5P. The van der Waals surface area contributed by atoms with Crippen molar-refractivity contribution in [2.24, 2.45) is 0 Å². The van der Waals surface area contributed by atoms with Crippen LogP contribution >= 0.6 is 23.5 Å². The first kappa shape index (κ1) is 19.7. The molecule has 0 rings (SSSR count). The SMILES string of the molecule is COC(=O)C(Br)P(=O)(OCC(F)(F)F)OCC(F)(F)F. The first-order chi connectivity index (χ1) is 8.81. The van der Waals surface area contributed by atoms with Gasteiger partial charge in [-0.25, -0.2) is 0 Å². The molecule has 0 amide bonds. The van der Waals surface area contributed by atoms with Crippen molar-refractivity contribution in [3.05, 3.63) is 0 Å². The molecule has 1 atom stereocenters. The molecule has 0 spiro atoms. The number of hydrogen-bond donors (Lipinski definition) is 0. The zero-order valence-corrected chi connectivity index (χ0v) is 12.1. The molecule has 0 fully saturated rings. The van der Waals surface area contributed by atoms with Crippen LogP contribution in [0.15, 0.2) is 0 Å². The Morgan fingerprint density at radius 1 is 1.10 bits per heavy atom. The number of halogens is 7. The second kappa shape index (κ2) is 7.10. The highest BCUT2D eigenvalue weighted by molar-refractivity contribution is 9.11. The number of hydrogen-bond acceptors (Lipinski definition) is 5. The molecule has 0 N–H and O–H groups in total. The molecule has 0 aliphatic rings. The van der Waals surface area contributed by atoms with Crippen molar-refractivity contribution >= 4 is 29.5 Å². The topological polar surface area (TPSA) is 61.8 Å². The van der Waals surface area contributed by atoms with Crippen LogP contribution in [0.1, 0.15) is 0 Å². The lowest BCUT2D eigenvalue weighted by atomic mass is 10.7. The molecule has 0 aromatic rings. The van der Waals surface area contributed by atoms with Gasteiger partial charge in [0.2, 0.25) is 4.57 Å². The molecule has 5 nitrogen and oxygen atoms in total. The van der Waals surface area contributed by atoms with E-state index in [0.29, 0.717) is 0 Å². The molecule has 120 valence electrons. The maximum atomic E-state index is 12.0. The van der Waals surface area contributed by atoms with E-state index in [1.54, 1.807) is 0 Å². The highest BCUT2D eigenvalue weighted by Gasteiger charge is 2.46. The Morgan fingerprint density at radius 2 is 1.45 bits per heavy atom. The van der Waals surface area contributed by atoms with E-state index in [9.17, 15) is 35.7 Å². The zero-order valence-electron chi connectivity index (χ0n) is 9.63. The van der Waals surface area contributed by atoms with Crippen LogP contribution in [-0.4, -0.2) is 43.2 Å². The Morgan fingerprint density at radius 3 is 1.70 bits per heavy atom. The summed E-state index contributed by atoms with van der Waals surface area (Å²) in [6.45, 7) is -4.30. The predicted octanol–water partition coefficient (Wildman–Crippen LogP) is 3.23. The summed E-state index contributed by atoms with van der Waals surface area (Å²) in [5, 5.41) is 0. The third-order valence-corrected chi connectivity index (χ3v) is 5.11. The van der Waals surface area contributed by atoms with Gasteiger partial charge in [0.25, 0.3) is 0 Å². The lowest BCUT2D eigenvalue weighted by molar-refractivity contribution is -0.166. The summed E-state index contributed by atoms with van der Waals surface area (Å²) in [4.78, 5) is 11.0. The summed E-state index contributed by atoms with van der Waals surface area (Å²) < 4.78 is 93.1. The van der Waals surface area contributed by atoms with Crippen molar-refractivity contribution in [2.75, 3.05) is 20.3 Å². The van der Waals surface area contributed by atoms with E-state index in [4.69, 9.17) is 0 Å². The number of rotatable bonds is 6. The highest BCUT2D eigenvalue weighted by atomic mass is 79.9. The molecule has 0 aromatic carbocycles. The average Bonchev–Trinajstić information content (AvgIpc) is 2.30. The van der Waals surface area contributed by atoms with Crippen molar-refractivity contribution in [3.8, 4) is 0 Å². The summed E-state index contributed by atoms with van der Waals surface area (Å²) in [5.41, 5.74) is 0. The molecule has 13 heteroatoms. The Kier molecular flexibility index (Phi) is 6.99. The summed E-state index contributed by atoms with van der Waals surface area (Å²) in [6, 6.07) is 0. The van der Waals surface area contributed by atoms with Gasteiger partial charge in [-0.1, -0.05) is 15.9 Å². The number of ether oxygens (including phenoxy) is 1.